The summed E-state index contributed by atoms with van der Waals surface area (Å²) in [5.74, 6) is 0. The second-order valence-electron chi connectivity index (χ2n) is 5.51. The summed E-state index contributed by atoms with van der Waals surface area (Å²) in [6, 6.07) is 13.7. The van der Waals surface area contributed by atoms with Gasteiger partial charge >= 0.3 is 0 Å². The highest BCUT2D eigenvalue weighted by atomic mass is 79.9. The van der Waals surface area contributed by atoms with Crippen LogP contribution in [0.2, 0.25) is 0 Å². The molecular weight excluding hydrogens is 342 g/mol. The van der Waals surface area contributed by atoms with Crippen molar-refractivity contribution in [3.05, 3.63) is 67.8 Å². The lowest BCUT2D eigenvalue weighted by molar-refractivity contribution is 0.706. The third kappa shape index (κ3) is 2.07. The highest BCUT2D eigenvalue weighted by molar-refractivity contribution is 9.10. The molecule has 1 aliphatic carbocycles. The van der Waals surface area contributed by atoms with Gasteiger partial charge in [0.15, 0.2) is 0 Å². The molecule has 3 aromatic rings. The Hall–Kier alpha value is -1.16. The quantitative estimate of drug-likeness (QED) is 0.689. The number of aryl methyl sites for hydroxylation is 2. The fourth-order valence-corrected chi connectivity index (χ4v) is 5.19. The summed E-state index contributed by atoms with van der Waals surface area (Å²) < 4.78 is 1.19. The molecule has 1 aliphatic rings. The van der Waals surface area contributed by atoms with Gasteiger partial charge in [-0.1, -0.05) is 30.3 Å². The summed E-state index contributed by atoms with van der Waals surface area (Å²) >= 11 is 5.48. The van der Waals surface area contributed by atoms with E-state index in [1.54, 1.807) is 11.3 Å². The lowest BCUT2D eigenvalue weighted by Gasteiger charge is -2.19. The Morgan fingerprint density at radius 2 is 1.90 bits per heavy atom. The minimum atomic E-state index is 0.240. The Labute approximate surface area is 137 Å². The van der Waals surface area contributed by atoms with E-state index in [1.807, 2.05) is 7.05 Å². The van der Waals surface area contributed by atoms with Crippen LogP contribution in [0.5, 0.6) is 0 Å². The molecule has 0 fully saturated rings. The van der Waals surface area contributed by atoms with Crippen LogP contribution in [-0.4, -0.2) is 7.05 Å². The van der Waals surface area contributed by atoms with Gasteiger partial charge in [0.1, 0.15) is 0 Å². The Balaban J connectivity index is 1.97. The van der Waals surface area contributed by atoms with Crippen molar-refractivity contribution < 1.29 is 0 Å². The average molecular weight is 358 g/mol. The molecule has 1 nitrogen and oxygen atoms in total. The van der Waals surface area contributed by atoms with Gasteiger partial charge in [-0.05, 0) is 74.7 Å². The van der Waals surface area contributed by atoms with Crippen molar-refractivity contribution >= 4 is 38.0 Å². The molecule has 0 aliphatic heterocycles. The summed E-state index contributed by atoms with van der Waals surface area (Å²) in [5, 5.41) is 8.53. The molecule has 0 radical (unpaired) electrons. The standard InChI is InChI=1S/C18H16BrNS/c1-20-17(18-15(19)9-10-21-18)14-8-7-12-6-5-11-3-2-4-13(14)16(11)12/h2-4,7-10,17,20H,5-6H2,1H3. The summed E-state index contributed by atoms with van der Waals surface area (Å²) in [4.78, 5) is 1.34. The predicted molar refractivity (Wildman–Crippen MR) is 94.3 cm³/mol. The first-order valence-electron chi connectivity index (χ1n) is 7.23. The molecule has 1 unspecified atom stereocenters. The number of nitrogens with one attached hydrogen (secondary N) is 1. The topological polar surface area (TPSA) is 12.0 Å². The van der Waals surface area contributed by atoms with Crippen LogP contribution >= 0.6 is 27.3 Å². The molecule has 106 valence electrons. The van der Waals surface area contributed by atoms with E-state index in [0.717, 1.165) is 0 Å². The molecule has 1 heterocycles. The van der Waals surface area contributed by atoms with E-state index in [0.29, 0.717) is 0 Å². The van der Waals surface area contributed by atoms with E-state index in [2.05, 4.69) is 63.0 Å². The Morgan fingerprint density at radius 3 is 2.62 bits per heavy atom. The van der Waals surface area contributed by atoms with Gasteiger partial charge < -0.3 is 5.32 Å². The summed E-state index contributed by atoms with van der Waals surface area (Å²) in [5.41, 5.74) is 4.39. The monoisotopic (exact) mass is 357 g/mol. The first-order chi connectivity index (χ1) is 10.3. The van der Waals surface area contributed by atoms with Crippen LogP contribution in [0.25, 0.3) is 10.8 Å². The third-order valence-corrected chi connectivity index (χ3v) is 6.35. The Bertz CT molecular complexity index is 811. The van der Waals surface area contributed by atoms with Crippen LogP contribution in [0.15, 0.2) is 46.3 Å². The van der Waals surface area contributed by atoms with Gasteiger partial charge in [0.05, 0.1) is 6.04 Å². The maximum Gasteiger partial charge on any atom is 0.0686 e. The van der Waals surface area contributed by atoms with Gasteiger partial charge in [0, 0.05) is 9.35 Å². The Morgan fingerprint density at radius 1 is 1.10 bits per heavy atom. The van der Waals surface area contributed by atoms with Crippen molar-refractivity contribution in [1.29, 1.82) is 0 Å². The fourth-order valence-electron chi connectivity index (χ4n) is 3.46. The second kappa shape index (κ2) is 5.24. The SMILES string of the molecule is CNC(c1sccc1Br)c1ccc2c3c(cccc13)CC2. The van der Waals surface area contributed by atoms with Gasteiger partial charge in [-0.3, -0.25) is 0 Å². The van der Waals surface area contributed by atoms with E-state index in [4.69, 9.17) is 0 Å². The van der Waals surface area contributed by atoms with Crippen LogP contribution in [0.4, 0.5) is 0 Å². The van der Waals surface area contributed by atoms with E-state index < -0.39 is 0 Å². The summed E-state index contributed by atoms with van der Waals surface area (Å²) in [6.45, 7) is 0. The maximum absolute atomic E-state index is 3.68. The molecule has 1 N–H and O–H groups in total. The van der Waals surface area contributed by atoms with Crippen molar-refractivity contribution in [2.75, 3.05) is 7.05 Å². The largest absolute Gasteiger partial charge is 0.309 e. The molecule has 1 atom stereocenters. The lowest BCUT2D eigenvalue weighted by atomic mass is 9.95. The number of benzene rings is 2. The number of halogens is 1. The molecule has 0 bridgehead atoms. The van der Waals surface area contributed by atoms with E-state index in [1.165, 1.54) is 49.7 Å². The minimum Gasteiger partial charge on any atom is -0.309 e. The minimum absolute atomic E-state index is 0.240. The van der Waals surface area contributed by atoms with Crippen molar-refractivity contribution in [1.82, 2.24) is 5.32 Å². The second-order valence-corrected chi connectivity index (χ2v) is 7.31. The van der Waals surface area contributed by atoms with Crippen LogP contribution in [0.1, 0.15) is 27.6 Å². The van der Waals surface area contributed by atoms with Gasteiger partial charge in [0.25, 0.3) is 0 Å². The normalized spacial score (nSPS) is 14.8. The number of hydrogen-bond acceptors (Lipinski definition) is 2. The number of thiophene rings is 1. The van der Waals surface area contributed by atoms with Crippen molar-refractivity contribution in [2.24, 2.45) is 0 Å². The maximum atomic E-state index is 3.68. The molecule has 0 saturated heterocycles. The van der Waals surface area contributed by atoms with Crippen LogP contribution in [0, 0.1) is 0 Å². The van der Waals surface area contributed by atoms with Crippen LogP contribution in [0.3, 0.4) is 0 Å². The zero-order valence-corrected chi connectivity index (χ0v) is 14.2. The molecule has 4 rings (SSSR count). The molecule has 0 spiro atoms. The fraction of sp³-hybridized carbons (Fsp3) is 0.222. The molecular formula is C18H16BrNS. The molecule has 0 saturated carbocycles. The Kier molecular flexibility index (Phi) is 3.37. The third-order valence-electron chi connectivity index (χ3n) is 4.42. The zero-order valence-electron chi connectivity index (χ0n) is 11.8. The van der Waals surface area contributed by atoms with E-state index in [-0.39, 0.29) is 6.04 Å². The smallest absolute Gasteiger partial charge is 0.0686 e. The van der Waals surface area contributed by atoms with Crippen LogP contribution in [-0.2, 0) is 12.8 Å². The lowest BCUT2D eigenvalue weighted by Crippen LogP contribution is -2.17. The predicted octanol–water partition coefficient (Wildman–Crippen LogP) is 5.07. The van der Waals surface area contributed by atoms with Crippen molar-refractivity contribution in [3.8, 4) is 0 Å². The zero-order chi connectivity index (χ0) is 14.4. The number of hydrogen-bond donors (Lipinski definition) is 1. The highest BCUT2D eigenvalue weighted by Crippen LogP contribution is 2.39. The van der Waals surface area contributed by atoms with Gasteiger partial charge in [0.2, 0.25) is 0 Å². The number of rotatable bonds is 3. The van der Waals surface area contributed by atoms with E-state index in [9.17, 15) is 0 Å². The molecule has 2 aromatic carbocycles. The van der Waals surface area contributed by atoms with Crippen molar-refractivity contribution in [3.63, 3.8) is 0 Å². The summed E-state index contributed by atoms with van der Waals surface area (Å²) in [7, 11) is 2.04. The molecule has 1 aromatic heterocycles. The van der Waals surface area contributed by atoms with Crippen molar-refractivity contribution in [2.45, 2.75) is 18.9 Å². The molecule has 3 heteroatoms. The summed E-state index contributed by atoms with van der Waals surface area (Å²) in [6.07, 6.45) is 2.37. The average Bonchev–Trinajstić information content (AvgIpc) is 3.11. The molecule has 21 heavy (non-hydrogen) atoms. The first kappa shape index (κ1) is 13.5. The van der Waals surface area contributed by atoms with E-state index >= 15 is 0 Å². The van der Waals surface area contributed by atoms with Gasteiger partial charge in [-0.15, -0.1) is 11.3 Å². The van der Waals surface area contributed by atoms with Crippen LogP contribution < -0.4 is 5.32 Å². The van der Waals surface area contributed by atoms with Gasteiger partial charge in [-0.2, -0.15) is 0 Å². The molecule has 0 amide bonds. The first-order valence-corrected chi connectivity index (χ1v) is 8.90. The van der Waals surface area contributed by atoms with Gasteiger partial charge in [-0.25, -0.2) is 0 Å². The highest BCUT2D eigenvalue weighted by Gasteiger charge is 2.22.